The van der Waals surface area contributed by atoms with Crippen molar-refractivity contribution in [1.82, 2.24) is 10.0 Å². The fourth-order valence-corrected chi connectivity index (χ4v) is 3.55. The second-order valence-corrected chi connectivity index (χ2v) is 7.25. The molecule has 0 aliphatic heterocycles. The van der Waals surface area contributed by atoms with Gasteiger partial charge in [0.2, 0.25) is 10.0 Å². The lowest BCUT2D eigenvalue weighted by atomic mass is 10.2. The van der Waals surface area contributed by atoms with Crippen LogP contribution in [0.5, 0.6) is 5.75 Å². The first-order chi connectivity index (χ1) is 9.96. The topological polar surface area (TPSA) is 67.4 Å². The van der Waals surface area contributed by atoms with E-state index >= 15 is 0 Å². The zero-order valence-electron chi connectivity index (χ0n) is 12.8. The Bertz CT molecular complexity index is 583. The summed E-state index contributed by atoms with van der Waals surface area (Å²) in [6.45, 7) is 4.48. The minimum atomic E-state index is -3.56. The highest BCUT2D eigenvalue weighted by Crippen LogP contribution is 2.26. The van der Waals surface area contributed by atoms with Crippen molar-refractivity contribution in [3.63, 3.8) is 0 Å². The molecule has 0 aromatic heterocycles. The van der Waals surface area contributed by atoms with E-state index in [1.165, 1.54) is 20.0 Å². The first-order valence-corrected chi connectivity index (χ1v) is 8.87. The first kappa shape index (κ1) is 16.3. The maximum Gasteiger partial charge on any atom is 0.244 e. The molecular weight excluding hydrogens is 288 g/mol. The minimum Gasteiger partial charge on any atom is -0.495 e. The second kappa shape index (κ2) is 6.77. The molecule has 2 rings (SSSR count). The predicted octanol–water partition coefficient (Wildman–Crippen LogP) is 2.02. The van der Waals surface area contributed by atoms with Crippen LogP contribution in [0.4, 0.5) is 0 Å². The normalized spacial score (nSPS) is 16.7. The number of hydrogen-bond donors (Lipinski definition) is 2. The molecule has 1 unspecified atom stereocenters. The molecule has 118 valence electrons. The van der Waals surface area contributed by atoms with Crippen LogP contribution in [0.25, 0.3) is 0 Å². The molecule has 5 nitrogen and oxygen atoms in total. The molecule has 1 atom stereocenters. The molecule has 0 bridgehead atoms. The number of nitrogens with one attached hydrogen (secondary N) is 2. The molecule has 1 aliphatic carbocycles. The summed E-state index contributed by atoms with van der Waals surface area (Å²) in [6.07, 6.45) is 3.15. The van der Waals surface area contributed by atoms with Gasteiger partial charge in [-0.1, -0.05) is 13.0 Å². The summed E-state index contributed by atoms with van der Waals surface area (Å²) in [5.74, 6) is 0.376. The summed E-state index contributed by atoms with van der Waals surface area (Å²) in [6, 6.07) is 5.79. The van der Waals surface area contributed by atoms with Crippen molar-refractivity contribution in [3.05, 3.63) is 23.8 Å². The van der Waals surface area contributed by atoms with E-state index in [4.69, 9.17) is 4.74 Å². The highest BCUT2D eigenvalue weighted by atomic mass is 32.2. The van der Waals surface area contributed by atoms with E-state index in [1.54, 1.807) is 12.1 Å². The van der Waals surface area contributed by atoms with Gasteiger partial charge in [-0.3, -0.25) is 0 Å². The fraction of sp³-hybridized carbons (Fsp3) is 0.600. The van der Waals surface area contributed by atoms with Crippen LogP contribution in [0.2, 0.25) is 0 Å². The molecule has 0 heterocycles. The lowest BCUT2D eigenvalue weighted by Crippen LogP contribution is -2.32. The van der Waals surface area contributed by atoms with Gasteiger partial charge in [0.1, 0.15) is 10.6 Å². The summed E-state index contributed by atoms with van der Waals surface area (Å²) in [7, 11) is -2.08. The molecule has 0 amide bonds. The highest BCUT2D eigenvalue weighted by molar-refractivity contribution is 7.89. The number of ether oxygens (including phenoxy) is 1. The summed E-state index contributed by atoms with van der Waals surface area (Å²) in [4.78, 5) is 0.209. The van der Waals surface area contributed by atoms with Crippen LogP contribution < -0.4 is 14.8 Å². The number of sulfonamides is 1. The van der Waals surface area contributed by atoms with E-state index in [0.717, 1.165) is 12.0 Å². The van der Waals surface area contributed by atoms with Gasteiger partial charge in [-0.25, -0.2) is 13.1 Å². The fourth-order valence-electron chi connectivity index (χ4n) is 2.00. The molecule has 6 heteroatoms. The third kappa shape index (κ3) is 4.43. The van der Waals surface area contributed by atoms with Crippen molar-refractivity contribution in [3.8, 4) is 5.75 Å². The summed E-state index contributed by atoms with van der Waals surface area (Å²) >= 11 is 0. The van der Waals surface area contributed by atoms with Gasteiger partial charge in [0.05, 0.1) is 7.11 Å². The van der Waals surface area contributed by atoms with E-state index in [-0.39, 0.29) is 10.9 Å². The van der Waals surface area contributed by atoms with Gasteiger partial charge < -0.3 is 10.1 Å². The van der Waals surface area contributed by atoms with Crippen molar-refractivity contribution >= 4 is 10.0 Å². The van der Waals surface area contributed by atoms with Crippen LogP contribution in [0, 0.1) is 0 Å². The first-order valence-electron chi connectivity index (χ1n) is 7.39. The smallest absolute Gasteiger partial charge is 0.244 e. The number of rotatable bonds is 8. The largest absolute Gasteiger partial charge is 0.495 e. The van der Waals surface area contributed by atoms with E-state index in [9.17, 15) is 8.42 Å². The highest BCUT2D eigenvalue weighted by Gasteiger charge is 2.23. The maximum absolute atomic E-state index is 12.5. The van der Waals surface area contributed by atoms with Crippen LogP contribution in [0.15, 0.2) is 23.1 Å². The molecule has 1 aliphatic rings. The summed E-state index contributed by atoms with van der Waals surface area (Å²) in [5.41, 5.74) is 0.951. The van der Waals surface area contributed by atoms with Crippen LogP contribution in [-0.2, 0) is 16.6 Å². The second-order valence-electron chi connectivity index (χ2n) is 5.57. The number of benzene rings is 1. The molecule has 1 aromatic rings. The summed E-state index contributed by atoms with van der Waals surface area (Å²) in [5, 5.41) is 3.38. The number of methoxy groups -OCH3 is 1. The molecule has 0 radical (unpaired) electrons. The van der Waals surface area contributed by atoms with Gasteiger partial charge in [0.25, 0.3) is 0 Å². The van der Waals surface area contributed by atoms with Crippen LogP contribution >= 0.6 is 0 Å². The Morgan fingerprint density at radius 1 is 1.38 bits per heavy atom. The van der Waals surface area contributed by atoms with Gasteiger partial charge in [0, 0.05) is 18.6 Å². The molecular formula is C15H24N2O3S. The average molecular weight is 312 g/mol. The van der Waals surface area contributed by atoms with Crippen molar-refractivity contribution < 1.29 is 13.2 Å². The molecule has 21 heavy (non-hydrogen) atoms. The lowest BCUT2D eigenvalue weighted by Gasteiger charge is -2.15. The van der Waals surface area contributed by atoms with Crippen LogP contribution in [-0.4, -0.2) is 27.6 Å². The molecule has 1 saturated carbocycles. The molecule has 1 aromatic carbocycles. The number of hydrogen-bond acceptors (Lipinski definition) is 4. The van der Waals surface area contributed by atoms with E-state index in [2.05, 4.69) is 10.0 Å². The average Bonchev–Trinajstić information content (AvgIpc) is 3.28. The minimum absolute atomic E-state index is 0.104. The Hall–Kier alpha value is -1.11. The van der Waals surface area contributed by atoms with E-state index < -0.39 is 10.0 Å². The van der Waals surface area contributed by atoms with E-state index in [1.807, 2.05) is 19.9 Å². The Balaban J connectivity index is 2.23. The molecule has 2 N–H and O–H groups in total. The SMILES string of the molecule is CCC(C)NS(=O)(=O)c1cc(CNC2CC2)ccc1OC. The molecule has 1 fully saturated rings. The Morgan fingerprint density at radius 2 is 2.10 bits per heavy atom. The van der Waals surface area contributed by atoms with Gasteiger partial charge >= 0.3 is 0 Å². The Kier molecular flexibility index (Phi) is 5.24. The van der Waals surface area contributed by atoms with Crippen molar-refractivity contribution in [2.24, 2.45) is 0 Å². The predicted molar refractivity (Wildman–Crippen MR) is 82.9 cm³/mol. The van der Waals surface area contributed by atoms with Crippen molar-refractivity contribution in [2.75, 3.05) is 7.11 Å². The lowest BCUT2D eigenvalue weighted by molar-refractivity contribution is 0.401. The van der Waals surface area contributed by atoms with Gasteiger partial charge in [-0.2, -0.15) is 0 Å². The van der Waals surface area contributed by atoms with Gasteiger partial charge in [0.15, 0.2) is 0 Å². The maximum atomic E-state index is 12.5. The van der Waals surface area contributed by atoms with Crippen LogP contribution in [0.1, 0.15) is 38.7 Å². The van der Waals surface area contributed by atoms with Gasteiger partial charge in [-0.15, -0.1) is 0 Å². The zero-order chi connectivity index (χ0) is 15.5. The third-order valence-electron chi connectivity index (χ3n) is 3.66. The molecule has 0 spiro atoms. The quantitative estimate of drug-likeness (QED) is 0.771. The summed E-state index contributed by atoms with van der Waals surface area (Å²) < 4.78 is 32.8. The zero-order valence-corrected chi connectivity index (χ0v) is 13.7. The Morgan fingerprint density at radius 3 is 2.67 bits per heavy atom. The third-order valence-corrected chi connectivity index (χ3v) is 5.27. The van der Waals surface area contributed by atoms with Gasteiger partial charge in [-0.05, 0) is 43.9 Å². The van der Waals surface area contributed by atoms with E-state index in [0.29, 0.717) is 18.3 Å². The van der Waals surface area contributed by atoms with Crippen molar-refractivity contribution in [1.29, 1.82) is 0 Å². The standard InChI is InChI=1S/C15H24N2O3S/c1-4-11(2)17-21(18,19)15-9-12(5-8-14(15)20-3)10-16-13-6-7-13/h5,8-9,11,13,16-17H,4,6-7,10H2,1-3H3. The van der Waals surface area contributed by atoms with Crippen molar-refractivity contribution in [2.45, 2.75) is 56.6 Å². The molecule has 0 saturated heterocycles. The Labute approximate surface area is 127 Å². The van der Waals surface area contributed by atoms with Crippen LogP contribution in [0.3, 0.4) is 0 Å². The monoisotopic (exact) mass is 312 g/mol.